The molecule has 0 spiro atoms. The molecule has 4 rings (SSSR count). The average molecular weight is 381 g/mol. The Morgan fingerprint density at radius 1 is 1.25 bits per heavy atom. The van der Waals surface area contributed by atoms with Crippen LogP contribution in [0.2, 0.25) is 0 Å². The summed E-state index contributed by atoms with van der Waals surface area (Å²) in [5, 5.41) is 19.7. The van der Waals surface area contributed by atoms with Gasteiger partial charge in [-0.2, -0.15) is 0 Å². The van der Waals surface area contributed by atoms with Gasteiger partial charge >= 0.3 is 5.97 Å². The number of phenols is 1. The highest BCUT2D eigenvalue weighted by molar-refractivity contribution is 5.93. The zero-order valence-corrected chi connectivity index (χ0v) is 16.4. The number of aliphatic carboxylic acids is 1. The highest BCUT2D eigenvalue weighted by atomic mass is 16.5. The highest BCUT2D eigenvalue weighted by Gasteiger charge is 2.36. The fourth-order valence-electron chi connectivity index (χ4n) is 4.38. The Morgan fingerprint density at radius 2 is 2.00 bits per heavy atom. The Hall–Kier alpha value is -3.15. The van der Waals surface area contributed by atoms with E-state index in [1.165, 1.54) is 7.11 Å². The summed E-state index contributed by atoms with van der Waals surface area (Å²) >= 11 is 0. The van der Waals surface area contributed by atoms with E-state index in [4.69, 9.17) is 9.47 Å². The number of phenolic OH excluding ortho intramolecular Hbond substituents is 1. The molecule has 6 nitrogen and oxygen atoms in total. The number of nitrogens with zero attached hydrogens (tertiary/aromatic N) is 1. The van der Waals surface area contributed by atoms with Crippen LogP contribution in [-0.4, -0.2) is 35.4 Å². The first-order valence-electron chi connectivity index (χ1n) is 9.13. The second kappa shape index (κ2) is 6.19. The van der Waals surface area contributed by atoms with Crippen LogP contribution in [0.15, 0.2) is 30.3 Å². The molecule has 0 fully saturated rings. The molecule has 146 valence electrons. The van der Waals surface area contributed by atoms with E-state index in [9.17, 15) is 15.0 Å². The summed E-state index contributed by atoms with van der Waals surface area (Å²) in [5.41, 5.74) is 5.11. The van der Waals surface area contributed by atoms with Crippen molar-refractivity contribution in [2.45, 2.75) is 32.9 Å². The van der Waals surface area contributed by atoms with Crippen molar-refractivity contribution < 1.29 is 24.5 Å². The van der Waals surface area contributed by atoms with Gasteiger partial charge in [0.25, 0.3) is 0 Å². The van der Waals surface area contributed by atoms with Gasteiger partial charge in [-0.05, 0) is 50.1 Å². The van der Waals surface area contributed by atoms with Crippen LogP contribution < -0.4 is 14.4 Å². The Morgan fingerprint density at radius 3 is 2.68 bits per heavy atom. The van der Waals surface area contributed by atoms with Gasteiger partial charge in [-0.25, -0.2) is 0 Å². The molecule has 2 aromatic carbocycles. The molecule has 0 aliphatic carbocycles. The Bertz CT molecular complexity index is 1020. The fourth-order valence-corrected chi connectivity index (χ4v) is 4.38. The minimum Gasteiger partial charge on any atom is -0.504 e. The number of rotatable bonds is 3. The molecule has 0 aromatic heterocycles. The van der Waals surface area contributed by atoms with Crippen LogP contribution in [0, 0.1) is 0 Å². The number of methoxy groups -OCH3 is 1. The number of anilines is 1. The van der Waals surface area contributed by atoms with E-state index in [-0.39, 0.29) is 12.3 Å². The van der Waals surface area contributed by atoms with Crippen molar-refractivity contribution in [1.82, 2.24) is 0 Å². The molecule has 6 heteroatoms. The van der Waals surface area contributed by atoms with Crippen molar-refractivity contribution in [2.24, 2.45) is 0 Å². The van der Waals surface area contributed by atoms with Crippen LogP contribution in [0.1, 0.15) is 31.9 Å². The predicted octanol–water partition coefficient (Wildman–Crippen LogP) is 4.05. The standard InChI is InChI=1S/C22H23NO5/c1-12-9-22(2,3)23(10-18(25)26)15-6-5-13-14(19(12)15)11-28-17-8-7-16(24)21(27-4)20(13)17/h5-9,24H,10-11H2,1-4H3,(H,25,26). The summed E-state index contributed by atoms with van der Waals surface area (Å²) in [6.45, 7) is 6.33. The number of aromatic hydroxyl groups is 1. The first kappa shape index (κ1) is 18.2. The molecule has 0 radical (unpaired) electrons. The third-order valence-corrected chi connectivity index (χ3v) is 5.48. The summed E-state index contributed by atoms with van der Waals surface area (Å²) in [7, 11) is 1.52. The SMILES string of the molecule is COc1c(O)ccc2c1-c1ccc3c(c1CO2)C(C)=CC(C)(C)N3CC(=O)O. The average Bonchev–Trinajstić information content (AvgIpc) is 2.63. The minimum absolute atomic E-state index is 0.0521. The highest BCUT2D eigenvalue weighted by Crippen LogP contribution is 2.51. The molecule has 2 N–H and O–H groups in total. The topological polar surface area (TPSA) is 79.2 Å². The zero-order valence-electron chi connectivity index (χ0n) is 16.4. The van der Waals surface area contributed by atoms with Gasteiger partial charge in [-0.3, -0.25) is 4.79 Å². The molecule has 0 bridgehead atoms. The van der Waals surface area contributed by atoms with E-state index >= 15 is 0 Å². The van der Waals surface area contributed by atoms with Gasteiger partial charge in [-0.1, -0.05) is 12.1 Å². The number of carboxylic acids is 1. The quantitative estimate of drug-likeness (QED) is 0.835. The number of allylic oxidation sites excluding steroid dienone is 1. The van der Waals surface area contributed by atoms with Gasteiger partial charge in [0.1, 0.15) is 18.9 Å². The van der Waals surface area contributed by atoms with Crippen molar-refractivity contribution in [3.05, 3.63) is 41.5 Å². The third-order valence-electron chi connectivity index (χ3n) is 5.48. The maximum Gasteiger partial charge on any atom is 0.323 e. The van der Waals surface area contributed by atoms with Crippen LogP contribution in [-0.2, 0) is 11.4 Å². The summed E-state index contributed by atoms with van der Waals surface area (Å²) < 4.78 is 11.4. The lowest BCUT2D eigenvalue weighted by Gasteiger charge is -2.43. The lowest BCUT2D eigenvalue weighted by Crippen LogP contribution is -2.48. The first-order valence-corrected chi connectivity index (χ1v) is 9.13. The smallest absolute Gasteiger partial charge is 0.323 e. The summed E-state index contributed by atoms with van der Waals surface area (Å²) in [5.74, 6) is 0.204. The van der Waals surface area contributed by atoms with Crippen molar-refractivity contribution in [3.8, 4) is 28.4 Å². The number of hydrogen-bond acceptors (Lipinski definition) is 5. The largest absolute Gasteiger partial charge is 0.504 e. The van der Waals surface area contributed by atoms with Crippen molar-refractivity contribution in [1.29, 1.82) is 0 Å². The molecule has 0 saturated carbocycles. The van der Waals surface area contributed by atoms with Gasteiger partial charge in [0, 0.05) is 16.8 Å². The Balaban J connectivity index is 1.98. The summed E-state index contributed by atoms with van der Waals surface area (Å²) in [4.78, 5) is 13.4. The van der Waals surface area contributed by atoms with Crippen molar-refractivity contribution >= 4 is 17.2 Å². The summed E-state index contributed by atoms with van der Waals surface area (Å²) in [6.07, 6.45) is 2.09. The third kappa shape index (κ3) is 2.59. The van der Waals surface area contributed by atoms with Crippen LogP contribution in [0.4, 0.5) is 5.69 Å². The van der Waals surface area contributed by atoms with Gasteiger partial charge in [0.15, 0.2) is 11.5 Å². The van der Waals surface area contributed by atoms with Crippen LogP contribution in [0.5, 0.6) is 17.2 Å². The second-order valence-electron chi connectivity index (χ2n) is 7.73. The second-order valence-corrected chi connectivity index (χ2v) is 7.73. The first-order chi connectivity index (χ1) is 13.2. The number of carbonyl (C=O) groups is 1. The molecule has 0 unspecified atom stereocenters. The van der Waals surface area contributed by atoms with E-state index in [0.29, 0.717) is 23.7 Å². The lowest BCUT2D eigenvalue weighted by atomic mass is 9.82. The van der Waals surface area contributed by atoms with Gasteiger partial charge in [0.05, 0.1) is 18.2 Å². The number of ether oxygens (including phenoxy) is 2. The maximum absolute atomic E-state index is 11.5. The lowest BCUT2D eigenvalue weighted by molar-refractivity contribution is -0.135. The van der Waals surface area contributed by atoms with Gasteiger partial charge in [0.2, 0.25) is 0 Å². The number of benzene rings is 2. The van der Waals surface area contributed by atoms with Crippen LogP contribution >= 0.6 is 0 Å². The van der Waals surface area contributed by atoms with Crippen LogP contribution in [0.25, 0.3) is 16.7 Å². The van der Waals surface area contributed by atoms with E-state index in [2.05, 4.69) is 6.08 Å². The van der Waals surface area contributed by atoms with Crippen molar-refractivity contribution in [3.63, 3.8) is 0 Å². The normalized spacial score (nSPS) is 16.3. The molecule has 0 amide bonds. The molecular formula is C22H23NO5. The molecule has 28 heavy (non-hydrogen) atoms. The predicted molar refractivity (Wildman–Crippen MR) is 107 cm³/mol. The monoisotopic (exact) mass is 381 g/mol. The van der Waals surface area contributed by atoms with Gasteiger partial charge < -0.3 is 24.6 Å². The van der Waals surface area contributed by atoms with E-state index < -0.39 is 11.5 Å². The molecule has 2 aliphatic rings. The zero-order chi connectivity index (χ0) is 20.2. The molecule has 0 atom stereocenters. The molecule has 2 heterocycles. The maximum atomic E-state index is 11.5. The fraction of sp³-hybridized carbons (Fsp3) is 0.318. The Kier molecular flexibility index (Phi) is 4.03. The minimum atomic E-state index is -0.877. The van der Waals surface area contributed by atoms with Gasteiger partial charge in [-0.15, -0.1) is 0 Å². The van der Waals surface area contributed by atoms with E-state index in [1.807, 2.05) is 37.8 Å². The molecule has 2 aliphatic heterocycles. The summed E-state index contributed by atoms with van der Waals surface area (Å²) in [6, 6.07) is 7.20. The molecular weight excluding hydrogens is 358 g/mol. The Labute approximate surface area is 163 Å². The molecule has 2 aromatic rings. The number of hydrogen-bond donors (Lipinski definition) is 2. The van der Waals surface area contributed by atoms with Crippen molar-refractivity contribution in [2.75, 3.05) is 18.6 Å². The molecule has 0 saturated heterocycles. The van der Waals surface area contributed by atoms with E-state index in [0.717, 1.165) is 28.0 Å². The van der Waals surface area contributed by atoms with Crippen LogP contribution in [0.3, 0.4) is 0 Å². The van der Waals surface area contributed by atoms with E-state index in [1.54, 1.807) is 12.1 Å². The number of fused-ring (bicyclic) bond motifs is 5. The number of carboxylic acid groups (broad SMARTS) is 1.